The molecule has 0 saturated carbocycles. The van der Waals surface area contributed by atoms with E-state index >= 15 is 0 Å². The lowest BCUT2D eigenvalue weighted by Crippen LogP contribution is -2.03. The molecule has 0 bridgehead atoms. The normalized spacial score (nSPS) is 10.2. The van der Waals surface area contributed by atoms with Crippen molar-refractivity contribution in [3.8, 4) is 0 Å². The van der Waals surface area contributed by atoms with Crippen molar-refractivity contribution in [3.05, 3.63) is 132 Å². The third-order valence-corrected chi connectivity index (χ3v) is 4.91. The Hall–Kier alpha value is -3.10. The second-order valence-electron chi connectivity index (χ2n) is 6.89. The molecule has 0 saturated heterocycles. The van der Waals surface area contributed by atoms with Crippen LogP contribution in [0.25, 0.3) is 5.57 Å². The lowest BCUT2D eigenvalue weighted by atomic mass is 9.96. The van der Waals surface area contributed by atoms with Gasteiger partial charge in [0.25, 0.3) is 0 Å². The quantitative estimate of drug-likeness (QED) is 0.350. The molecule has 0 unspecified atom stereocenters. The number of benzene rings is 3. The van der Waals surface area contributed by atoms with E-state index in [1.54, 1.807) is 0 Å². The molecular weight excluding hydrogens is 376 g/mol. The van der Waals surface area contributed by atoms with Crippen LogP contribution in [0.2, 0.25) is 0 Å². The van der Waals surface area contributed by atoms with E-state index in [1.165, 1.54) is 28.0 Å². The topological polar surface area (TPSA) is 17.8 Å². The van der Waals surface area contributed by atoms with Gasteiger partial charge in [0, 0.05) is 18.4 Å². The van der Waals surface area contributed by atoms with Crippen LogP contribution in [0.1, 0.15) is 28.8 Å². The van der Waals surface area contributed by atoms with Crippen molar-refractivity contribution in [1.29, 1.82) is 0 Å². The summed E-state index contributed by atoms with van der Waals surface area (Å²) in [6, 6.07) is 31.8. The second kappa shape index (κ2) is 10.4. The number of imidazole rings is 1. The van der Waals surface area contributed by atoms with E-state index in [4.69, 9.17) is 0 Å². The molecule has 0 aliphatic carbocycles. The number of aromatic nitrogens is 2. The fourth-order valence-corrected chi connectivity index (χ4v) is 3.48. The van der Waals surface area contributed by atoms with Gasteiger partial charge in [0.15, 0.2) is 0 Å². The predicted octanol–water partition coefficient (Wildman–Crippen LogP) is 6.42. The van der Waals surface area contributed by atoms with Crippen LogP contribution in [0.5, 0.6) is 0 Å². The molecule has 29 heavy (non-hydrogen) atoms. The van der Waals surface area contributed by atoms with Gasteiger partial charge in [-0.05, 0) is 35.1 Å². The number of hydrogen-bond donors (Lipinski definition) is 0. The molecule has 3 aromatic carbocycles. The average Bonchev–Trinajstić information content (AvgIpc) is 3.20. The van der Waals surface area contributed by atoms with E-state index in [0.29, 0.717) is 0 Å². The van der Waals surface area contributed by atoms with Gasteiger partial charge in [-0.25, -0.2) is 4.98 Å². The summed E-state index contributed by atoms with van der Waals surface area (Å²) < 4.78 is 2.24. The number of hydrogen-bond acceptors (Lipinski definition) is 1. The summed E-state index contributed by atoms with van der Waals surface area (Å²) >= 11 is 0. The first-order valence-corrected chi connectivity index (χ1v) is 9.74. The lowest BCUT2D eigenvalue weighted by Gasteiger charge is -2.10. The summed E-state index contributed by atoms with van der Waals surface area (Å²) in [6.45, 7) is 0.865. The molecule has 0 fully saturated rings. The summed E-state index contributed by atoms with van der Waals surface area (Å²) in [4.78, 5) is 4.37. The number of allylic oxidation sites excluding steroid dienone is 1. The molecule has 2 nitrogen and oxygen atoms in total. The van der Waals surface area contributed by atoms with Crippen LogP contribution in [0.3, 0.4) is 0 Å². The zero-order chi connectivity index (χ0) is 19.0. The summed E-state index contributed by atoms with van der Waals surface area (Å²) in [5, 5.41) is 0. The molecule has 0 N–H and O–H groups in total. The molecule has 0 spiro atoms. The van der Waals surface area contributed by atoms with Crippen LogP contribution >= 0.6 is 12.4 Å². The maximum Gasteiger partial charge on any atom is 0.0951 e. The second-order valence-corrected chi connectivity index (χ2v) is 6.89. The molecule has 146 valence electrons. The van der Waals surface area contributed by atoms with Crippen LogP contribution in [-0.4, -0.2) is 9.55 Å². The Morgan fingerprint density at radius 3 is 1.90 bits per heavy atom. The first-order valence-electron chi connectivity index (χ1n) is 9.74. The van der Waals surface area contributed by atoms with Gasteiger partial charge >= 0.3 is 0 Å². The molecule has 0 aliphatic rings. The number of halogens is 1. The van der Waals surface area contributed by atoms with E-state index in [-0.39, 0.29) is 12.4 Å². The smallest absolute Gasteiger partial charge is 0.0951 e. The van der Waals surface area contributed by atoms with Crippen LogP contribution in [0, 0.1) is 0 Å². The fraction of sp³-hybridized carbons (Fsp3) is 0.115. The maximum atomic E-state index is 4.37. The van der Waals surface area contributed by atoms with Gasteiger partial charge in [0.2, 0.25) is 0 Å². The van der Waals surface area contributed by atoms with E-state index in [2.05, 4.69) is 107 Å². The van der Waals surface area contributed by atoms with Gasteiger partial charge in [-0.1, -0.05) is 97.1 Å². The minimum absolute atomic E-state index is 0. The molecule has 4 aromatic rings. The Kier molecular flexibility index (Phi) is 7.43. The zero-order valence-electron chi connectivity index (χ0n) is 16.3. The van der Waals surface area contributed by atoms with Crippen molar-refractivity contribution in [2.24, 2.45) is 0 Å². The highest BCUT2D eigenvalue weighted by Crippen LogP contribution is 2.24. The number of aryl methyl sites for hydroxylation is 1. The van der Waals surface area contributed by atoms with Gasteiger partial charge in [-0.3, -0.25) is 0 Å². The van der Waals surface area contributed by atoms with Gasteiger partial charge in [0.05, 0.1) is 6.33 Å². The van der Waals surface area contributed by atoms with Crippen molar-refractivity contribution in [2.75, 3.05) is 0 Å². The summed E-state index contributed by atoms with van der Waals surface area (Å²) in [7, 11) is 0. The predicted molar refractivity (Wildman–Crippen MR) is 123 cm³/mol. The molecule has 1 aromatic heterocycles. The Balaban J connectivity index is 0.00000240. The molecule has 3 heteroatoms. The van der Waals surface area contributed by atoms with Crippen LogP contribution in [0.15, 0.2) is 110 Å². The van der Waals surface area contributed by atoms with E-state index in [9.17, 15) is 0 Å². The third kappa shape index (κ3) is 5.46. The summed E-state index contributed by atoms with van der Waals surface area (Å²) in [6.07, 6.45) is 8.21. The maximum absolute atomic E-state index is 4.37. The minimum Gasteiger partial charge on any atom is -0.330 e. The number of nitrogens with zero attached hydrogens (tertiary/aromatic N) is 2. The van der Waals surface area contributed by atoms with Gasteiger partial charge < -0.3 is 4.57 Å². The molecular formula is C26H25ClN2. The standard InChI is InChI=1S/C26H24N2.ClH/c1-4-11-22(12-5-1)20-28-21-27-19-25(28)17-10-18-26(23-13-6-2-7-14-23)24-15-8-3-9-16-24;/h1-9,11-16,18-19,21H,10,17,20H2;1H. The van der Waals surface area contributed by atoms with Crippen molar-refractivity contribution in [3.63, 3.8) is 0 Å². The van der Waals surface area contributed by atoms with Crippen LogP contribution < -0.4 is 0 Å². The highest BCUT2D eigenvalue weighted by atomic mass is 35.5. The van der Waals surface area contributed by atoms with Gasteiger partial charge in [0.1, 0.15) is 0 Å². The Labute approximate surface area is 179 Å². The monoisotopic (exact) mass is 400 g/mol. The summed E-state index contributed by atoms with van der Waals surface area (Å²) in [5.41, 5.74) is 6.36. The Morgan fingerprint density at radius 1 is 0.759 bits per heavy atom. The first-order chi connectivity index (χ1) is 13.9. The lowest BCUT2D eigenvalue weighted by molar-refractivity contribution is 0.734. The minimum atomic E-state index is 0. The van der Waals surface area contributed by atoms with Crippen LogP contribution in [0.4, 0.5) is 0 Å². The molecule has 0 radical (unpaired) electrons. The van der Waals surface area contributed by atoms with E-state index in [1.807, 2.05) is 12.5 Å². The highest BCUT2D eigenvalue weighted by Gasteiger charge is 2.06. The van der Waals surface area contributed by atoms with E-state index in [0.717, 1.165) is 19.4 Å². The van der Waals surface area contributed by atoms with Crippen LogP contribution in [-0.2, 0) is 13.0 Å². The highest BCUT2D eigenvalue weighted by molar-refractivity contribution is 5.85. The van der Waals surface area contributed by atoms with Gasteiger partial charge in [-0.2, -0.15) is 0 Å². The molecule has 0 aliphatic heterocycles. The summed E-state index contributed by atoms with van der Waals surface area (Å²) in [5.74, 6) is 0. The van der Waals surface area contributed by atoms with Gasteiger partial charge in [-0.15, -0.1) is 12.4 Å². The van der Waals surface area contributed by atoms with E-state index < -0.39 is 0 Å². The number of rotatable bonds is 7. The van der Waals surface area contributed by atoms with Crippen molar-refractivity contribution < 1.29 is 0 Å². The van der Waals surface area contributed by atoms with Crippen molar-refractivity contribution in [1.82, 2.24) is 9.55 Å². The largest absolute Gasteiger partial charge is 0.330 e. The average molecular weight is 401 g/mol. The first kappa shape index (κ1) is 20.6. The zero-order valence-corrected chi connectivity index (χ0v) is 17.1. The Bertz CT molecular complexity index is 981. The Morgan fingerprint density at radius 2 is 1.31 bits per heavy atom. The molecule has 0 amide bonds. The molecule has 1 heterocycles. The fourth-order valence-electron chi connectivity index (χ4n) is 3.48. The van der Waals surface area contributed by atoms with Crippen molar-refractivity contribution >= 4 is 18.0 Å². The van der Waals surface area contributed by atoms with Crippen molar-refractivity contribution in [2.45, 2.75) is 19.4 Å². The third-order valence-electron chi connectivity index (χ3n) is 4.91. The molecule has 4 rings (SSSR count). The molecule has 0 atom stereocenters. The SMILES string of the molecule is C(CCc1cncn1Cc1ccccc1)=C(c1ccccc1)c1ccccc1.Cl.